The van der Waals surface area contributed by atoms with Crippen LogP contribution in [0.4, 0.5) is 0 Å². The second-order valence-electron chi connectivity index (χ2n) is 7.75. The molecule has 1 aliphatic rings. The van der Waals surface area contributed by atoms with Crippen molar-refractivity contribution in [2.24, 2.45) is 0 Å². The zero-order chi connectivity index (χ0) is 18.8. The van der Waals surface area contributed by atoms with E-state index in [1.165, 1.54) is 22.7 Å². The maximum absolute atomic E-state index is 12.1. The molecule has 1 heterocycles. The highest BCUT2D eigenvalue weighted by atomic mass is 28.4. The maximum atomic E-state index is 12.1. The van der Waals surface area contributed by atoms with Crippen molar-refractivity contribution in [2.45, 2.75) is 44.9 Å². The second kappa shape index (κ2) is 7.21. The number of hydrogen-bond donors (Lipinski definition) is 0. The van der Waals surface area contributed by atoms with Gasteiger partial charge in [-0.15, -0.1) is 0 Å². The van der Waals surface area contributed by atoms with Gasteiger partial charge in [0.2, 0.25) is 5.78 Å². The Kier molecular flexibility index (Phi) is 5.16. The molecule has 0 spiro atoms. The molecule has 136 valence electrons. The van der Waals surface area contributed by atoms with Crippen molar-refractivity contribution in [3.8, 4) is 0 Å². The molecule has 3 nitrogen and oxygen atoms in total. The molecule has 1 unspecified atom stereocenters. The third-order valence-corrected chi connectivity index (χ3v) is 10.1. The highest BCUT2D eigenvalue weighted by Gasteiger charge is 2.52. The third-order valence-electron chi connectivity index (χ3n) is 4.94. The van der Waals surface area contributed by atoms with Gasteiger partial charge in [0.25, 0.3) is 8.32 Å². The minimum Gasteiger partial charge on any atom is -0.487 e. The molecule has 0 N–H and O–H groups in total. The summed E-state index contributed by atoms with van der Waals surface area (Å²) in [4.78, 5) is 12.1. The van der Waals surface area contributed by atoms with Gasteiger partial charge in [-0.3, -0.25) is 4.79 Å². The van der Waals surface area contributed by atoms with Crippen LogP contribution < -0.4 is 10.4 Å². The van der Waals surface area contributed by atoms with Crippen LogP contribution in [0.2, 0.25) is 5.04 Å². The Morgan fingerprint density at radius 1 is 0.962 bits per heavy atom. The molecule has 0 fully saturated rings. The van der Waals surface area contributed by atoms with Gasteiger partial charge >= 0.3 is 0 Å². The zero-order valence-electron chi connectivity index (χ0n) is 15.8. The molecule has 0 amide bonds. The Morgan fingerprint density at radius 3 is 1.85 bits per heavy atom. The van der Waals surface area contributed by atoms with Crippen LogP contribution in [0.3, 0.4) is 0 Å². The van der Waals surface area contributed by atoms with Crippen molar-refractivity contribution in [3.63, 3.8) is 0 Å². The first kappa shape index (κ1) is 18.6. The SMILES string of the molecule is CC(O[Si](c1ccccc1)(c1ccccc1)C(C)(C)C)[C@H]1OC=CC1=O. The number of carbonyl (C=O) groups is 1. The van der Waals surface area contributed by atoms with Gasteiger partial charge < -0.3 is 9.16 Å². The van der Waals surface area contributed by atoms with Gasteiger partial charge in [0.1, 0.15) is 0 Å². The van der Waals surface area contributed by atoms with Crippen LogP contribution in [-0.4, -0.2) is 26.3 Å². The summed E-state index contributed by atoms with van der Waals surface area (Å²) < 4.78 is 12.4. The van der Waals surface area contributed by atoms with E-state index in [4.69, 9.17) is 9.16 Å². The largest absolute Gasteiger partial charge is 0.487 e. The molecule has 3 rings (SSSR count). The first-order chi connectivity index (χ1) is 12.4. The topological polar surface area (TPSA) is 35.5 Å². The summed E-state index contributed by atoms with van der Waals surface area (Å²) in [5, 5.41) is 2.27. The molecule has 0 aromatic heterocycles. The number of hydrogen-bond acceptors (Lipinski definition) is 3. The van der Waals surface area contributed by atoms with E-state index in [2.05, 4.69) is 69.3 Å². The highest BCUT2D eigenvalue weighted by Crippen LogP contribution is 2.38. The monoisotopic (exact) mass is 366 g/mol. The smallest absolute Gasteiger partial charge is 0.261 e. The van der Waals surface area contributed by atoms with E-state index in [1.54, 1.807) is 0 Å². The van der Waals surface area contributed by atoms with Crippen LogP contribution in [0.1, 0.15) is 27.7 Å². The molecule has 26 heavy (non-hydrogen) atoms. The summed E-state index contributed by atoms with van der Waals surface area (Å²) >= 11 is 0. The molecule has 4 heteroatoms. The number of ether oxygens (including phenoxy) is 1. The van der Waals surface area contributed by atoms with E-state index in [0.29, 0.717) is 0 Å². The number of benzene rings is 2. The normalized spacial score (nSPS) is 18.6. The standard InChI is InChI=1S/C22H26O3Si/c1-17(21-20(23)15-16-24-21)25-26(22(2,3)4,18-11-7-5-8-12-18)19-13-9-6-10-14-19/h5-17,21H,1-4H3/t17?,21-/m1/s1. The van der Waals surface area contributed by atoms with Crippen LogP contribution in [0, 0.1) is 0 Å². The van der Waals surface area contributed by atoms with Crippen LogP contribution in [0.25, 0.3) is 0 Å². The van der Waals surface area contributed by atoms with Crippen molar-refractivity contribution in [1.29, 1.82) is 0 Å². The van der Waals surface area contributed by atoms with Gasteiger partial charge in [-0.2, -0.15) is 0 Å². The van der Waals surface area contributed by atoms with E-state index in [9.17, 15) is 4.79 Å². The van der Waals surface area contributed by atoms with E-state index in [0.717, 1.165) is 0 Å². The molecule has 1 aliphatic heterocycles. The fraction of sp³-hybridized carbons (Fsp3) is 0.318. The van der Waals surface area contributed by atoms with Crippen LogP contribution in [-0.2, 0) is 14.0 Å². The fourth-order valence-corrected chi connectivity index (χ4v) is 8.42. The van der Waals surface area contributed by atoms with E-state index < -0.39 is 14.4 Å². The first-order valence-corrected chi connectivity index (χ1v) is 10.9. The molecule has 2 aromatic carbocycles. The van der Waals surface area contributed by atoms with E-state index >= 15 is 0 Å². The predicted octanol–water partition coefficient (Wildman–Crippen LogP) is 3.43. The summed E-state index contributed by atoms with van der Waals surface area (Å²) in [7, 11) is -2.67. The molecular formula is C22H26O3Si. The molecule has 0 saturated heterocycles. The summed E-state index contributed by atoms with van der Waals surface area (Å²) in [6.45, 7) is 8.61. The van der Waals surface area contributed by atoms with Crippen molar-refractivity contribution in [2.75, 3.05) is 0 Å². The van der Waals surface area contributed by atoms with Gasteiger partial charge in [-0.1, -0.05) is 81.4 Å². The molecule has 0 aliphatic carbocycles. The van der Waals surface area contributed by atoms with Gasteiger partial charge in [-0.05, 0) is 22.3 Å². The highest BCUT2D eigenvalue weighted by molar-refractivity contribution is 6.99. The van der Waals surface area contributed by atoms with Crippen LogP contribution >= 0.6 is 0 Å². The lowest BCUT2D eigenvalue weighted by Crippen LogP contribution is -2.68. The van der Waals surface area contributed by atoms with Crippen LogP contribution in [0.5, 0.6) is 0 Å². The number of ketones is 1. The lowest BCUT2D eigenvalue weighted by Gasteiger charge is -2.45. The molecule has 0 bridgehead atoms. The molecule has 0 saturated carbocycles. The Labute approximate surface area is 156 Å². The Bertz CT molecular complexity index is 739. The quantitative estimate of drug-likeness (QED) is 0.761. The Hall–Kier alpha value is -2.17. The zero-order valence-corrected chi connectivity index (χ0v) is 16.8. The predicted molar refractivity (Wildman–Crippen MR) is 107 cm³/mol. The lowest BCUT2D eigenvalue weighted by molar-refractivity contribution is -0.124. The van der Waals surface area contributed by atoms with Gasteiger partial charge in [0.05, 0.1) is 12.4 Å². The van der Waals surface area contributed by atoms with Crippen LogP contribution in [0.15, 0.2) is 73.0 Å². The maximum Gasteiger partial charge on any atom is 0.261 e. The molecule has 2 aromatic rings. The summed E-state index contributed by atoms with van der Waals surface area (Å²) in [5.74, 6) is -0.0320. The summed E-state index contributed by atoms with van der Waals surface area (Å²) in [6.07, 6.45) is 2.04. The summed E-state index contributed by atoms with van der Waals surface area (Å²) in [5.41, 5.74) is 0. The lowest BCUT2D eigenvalue weighted by atomic mass is 10.2. The minimum atomic E-state index is -2.67. The number of carbonyl (C=O) groups excluding carboxylic acids is 1. The first-order valence-electron chi connectivity index (χ1n) is 9.01. The van der Waals surface area contributed by atoms with Gasteiger partial charge in [0.15, 0.2) is 6.10 Å². The van der Waals surface area contributed by atoms with Gasteiger partial charge in [0, 0.05) is 6.08 Å². The Morgan fingerprint density at radius 2 is 1.46 bits per heavy atom. The van der Waals surface area contributed by atoms with Crippen molar-refractivity contribution < 1.29 is 14.0 Å². The van der Waals surface area contributed by atoms with Crippen molar-refractivity contribution in [1.82, 2.24) is 0 Å². The molecular weight excluding hydrogens is 340 g/mol. The average Bonchev–Trinajstić information content (AvgIpc) is 3.06. The molecule has 2 atom stereocenters. The van der Waals surface area contributed by atoms with Crippen molar-refractivity contribution in [3.05, 3.63) is 73.0 Å². The molecule has 0 radical (unpaired) electrons. The third kappa shape index (κ3) is 3.27. The Balaban J connectivity index is 2.13. The fourth-order valence-electron chi connectivity index (χ4n) is 3.73. The van der Waals surface area contributed by atoms with Gasteiger partial charge in [-0.25, -0.2) is 0 Å². The number of rotatable bonds is 5. The van der Waals surface area contributed by atoms with E-state index in [1.807, 2.05) is 19.1 Å². The average molecular weight is 367 g/mol. The minimum absolute atomic E-state index is 0.0320. The summed E-state index contributed by atoms with van der Waals surface area (Å²) in [6, 6.07) is 20.8. The van der Waals surface area contributed by atoms with Crippen molar-refractivity contribution >= 4 is 24.5 Å². The second-order valence-corrected chi connectivity index (χ2v) is 12.0. The van der Waals surface area contributed by atoms with E-state index in [-0.39, 0.29) is 16.9 Å².